The number of thioether (sulfide) groups is 1. The van der Waals surface area contributed by atoms with Crippen molar-refractivity contribution >= 4 is 34.6 Å². The molecular formula is C22H15FN2O2S. The molecule has 0 unspecified atom stereocenters. The van der Waals surface area contributed by atoms with Crippen molar-refractivity contribution in [3.05, 3.63) is 89.1 Å². The Morgan fingerprint density at radius 2 is 1.68 bits per heavy atom. The van der Waals surface area contributed by atoms with Gasteiger partial charge >= 0.3 is 0 Å². The third kappa shape index (κ3) is 3.97. The lowest BCUT2D eigenvalue weighted by atomic mass is 10.0. The van der Waals surface area contributed by atoms with Gasteiger partial charge < -0.3 is 10.4 Å². The van der Waals surface area contributed by atoms with Crippen molar-refractivity contribution in [1.29, 1.82) is 0 Å². The zero-order chi connectivity index (χ0) is 19.5. The normalized spacial score (nSPS) is 16.5. The average Bonchev–Trinajstić information content (AvgIpc) is 3.03. The number of carbonyl (C=O) groups is 1. The minimum atomic E-state index is -0.431. The summed E-state index contributed by atoms with van der Waals surface area (Å²) in [6.45, 7) is 0. The molecule has 1 amide bonds. The summed E-state index contributed by atoms with van der Waals surface area (Å²) < 4.78 is 14.6. The Kier molecular flexibility index (Phi) is 4.95. The van der Waals surface area contributed by atoms with Crippen LogP contribution in [0, 0.1) is 5.82 Å². The molecule has 2 N–H and O–H groups in total. The molecule has 1 heterocycles. The molecule has 1 fully saturated rings. The van der Waals surface area contributed by atoms with Gasteiger partial charge in [-0.2, -0.15) is 0 Å². The van der Waals surface area contributed by atoms with E-state index in [-0.39, 0.29) is 11.7 Å². The van der Waals surface area contributed by atoms with Crippen molar-refractivity contribution in [1.82, 2.24) is 5.32 Å². The maximum Gasteiger partial charge on any atom is 0.264 e. The van der Waals surface area contributed by atoms with Gasteiger partial charge in [-0.25, -0.2) is 9.38 Å². The monoisotopic (exact) mass is 390 g/mol. The number of aromatic hydroxyl groups is 1. The summed E-state index contributed by atoms with van der Waals surface area (Å²) >= 11 is 1.18. The smallest absolute Gasteiger partial charge is 0.264 e. The van der Waals surface area contributed by atoms with Gasteiger partial charge in [-0.05, 0) is 59.3 Å². The SMILES string of the molecule is O=C1NC(=Nc2ccccc2)S/C1=C/c1ccc(-c2ccc(O)cc2)cc1F. The predicted molar refractivity (Wildman–Crippen MR) is 111 cm³/mol. The number of hydrogen-bond donors (Lipinski definition) is 2. The Morgan fingerprint density at radius 1 is 0.964 bits per heavy atom. The maximum absolute atomic E-state index is 14.6. The fraction of sp³-hybridized carbons (Fsp3) is 0. The zero-order valence-electron chi connectivity index (χ0n) is 14.6. The third-order valence-electron chi connectivity index (χ3n) is 4.13. The van der Waals surface area contributed by atoms with Crippen LogP contribution in [0.25, 0.3) is 17.2 Å². The summed E-state index contributed by atoms with van der Waals surface area (Å²) in [6.07, 6.45) is 1.52. The van der Waals surface area contributed by atoms with Crippen LogP contribution < -0.4 is 5.32 Å². The fourth-order valence-corrected chi connectivity index (χ4v) is 3.55. The second kappa shape index (κ2) is 7.70. The van der Waals surface area contributed by atoms with E-state index in [9.17, 15) is 14.3 Å². The molecule has 3 aromatic rings. The van der Waals surface area contributed by atoms with Gasteiger partial charge in [-0.15, -0.1) is 0 Å². The van der Waals surface area contributed by atoms with Gasteiger partial charge in [-0.1, -0.05) is 42.5 Å². The number of amidine groups is 1. The first kappa shape index (κ1) is 18.0. The first-order chi connectivity index (χ1) is 13.6. The minimum absolute atomic E-state index is 0.155. The van der Waals surface area contributed by atoms with Crippen LogP contribution in [0.4, 0.5) is 10.1 Å². The van der Waals surface area contributed by atoms with Crippen LogP contribution in [0.3, 0.4) is 0 Å². The highest BCUT2D eigenvalue weighted by atomic mass is 32.2. The van der Waals surface area contributed by atoms with E-state index in [2.05, 4.69) is 10.3 Å². The first-order valence-corrected chi connectivity index (χ1v) is 9.34. The number of carbonyl (C=O) groups excluding carboxylic acids is 1. The molecular weight excluding hydrogens is 375 g/mol. The van der Waals surface area contributed by atoms with Crippen LogP contribution in [0.15, 0.2) is 82.7 Å². The minimum Gasteiger partial charge on any atom is -0.508 e. The van der Waals surface area contributed by atoms with E-state index in [4.69, 9.17) is 0 Å². The second-order valence-corrected chi connectivity index (χ2v) is 7.13. The Morgan fingerprint density at radius 3 is 2.39 bits per heavy atom. The highest BCUT2D eigenvalue weighted by Gasteiger charge is 2.24. The number of amides is 1. The number of hydrogen-bond acceptors (Lipinski definition) is 4. The Balaban J connectivity index is 1.58. The number of rotatable bonds is 3. The van der Waals surface area contributed by atoms with Crippen LogP contribution in [-0.4, -0.2) is 16.2 Å². The van der Waals surface area contributed by atoms with E-state index in [1.54, 1.807) is 36.4 Å². The first-order valence-electron chi connectivity index (χ1n) is 8.52. The van der Waals surface area contributed by atoms with Gasteiger partial charge in [0.1, 0.15) is 11.6 Å². The largest absolute Gasteiger partial charge is 0.508 e. The Labute approximate surface area is 165 Å². The molecule has 0 aliphatic carbocycles. The molecule has 1 saturated heterocycles. The van der Waals surface area contributed by atoms with Gasteiger partial charge in [0.2, 0.25) is 0 Å². The molecule has 6 heteroatoms. The van der Waals surface area contributed by atoms with E-state index >= 15 is 0 Å². The number of benzene rings is 3. The van der Waals surface area contributed by atoms with Gasteiger partial charge in [0.15, 0.2) is 5.17 Å². The number of nitrogens with zero attached hydrogens (tertiary/aromatic N) is 1. The highest BCUT2D eigenvalue weighted by Crippen LogP contribution is 2.30. The lowest BCUT2D eigenvalue weighted by molar-refractivity contribution is -0.115. The summed E-state index contributed by atoms with van der Waals surface area (Å²) in [7, 11) is 0. The molecule has 28 heavy (non-hydrogen) atoms. The van der Waals surface area contributed by atoms with Crippen LogP contribution in [0.2, 0.25) is 0 Å². The number of aliphatic imine (C=N–C) groups is 1. The lowest BCUT2D eigenvalue weighted by Gasteiger charge is -2.04. The average molecular weight is 390 g/mol. The van der Waals surface area contributed by atoms with E-state index in [1.165, 1.54) is 23.9 Å². The summed E-state index contributed by atoms with van der Waals surface area (Å²) in [6, 6.07) is 20.6. The summed E-state index contributed by atoms with van der Waals surface area (Å²) in [5.74, 6) is -0.579. The molecule has 0 atom stereocenters. The molecule has 0 spiro atoms. The quantitative estimate of drug-likeness (QED) is 0.613. The number of halogens is 1. The molecule has 0 saturated carbocycles. The van der Waals surface area contributed by atoms with Crippen molar-refractivity contribution in [2.24, 2.45) is 4.99 Å². The summed E-state index contributed by atoms with van der Waals surface area (Å²) in [5.41, 5.74) is 2.53. The number of phenolic OH excluding ortho intramolecular Hbond substituents is 1. The fourth-order valence-electron chi connectivity index (χ4n) is 2.72. The molecule has 4 nitrogen and oxygen atoms in total. The van der Waals surface area contributed by atoms with Gasteiger partial charge in [0.05, 0.1) is 10.6 Å². The molecule has 0 aromatic heterocycles. The van der Waals surface area contributed by atoms with Crippen molar-refractivity contribution in [2.75, 3.05) is 0 Å². The summed E-state index contributed by atoms with van der Waals surface area (Å²) in [4.78, 5) is 16.9. The molecule has 138 valence electrons. The zero-order valence-corrected chi connectivity index (χ0v) is 15.4. The third-order valence-corrected chi connectivity index (χ3v) is 5.04. The van der Waals surface area contributed by atoms with Crippen molar-refractivity contribution < 1.29 is 14.3 Å². The summed E-state index contributed by atoms with van der Waals surface area (Å²) in [5, 5.41) is 12.5. The van der Waals surface area contributed by atoms with Crippen molar-refractivity contribution in [3.63, 3.8) is 0 Å². The maximum atomic E-state index is 14.6. The van der Waals surface area contributed by atoms with Crippen molar-refractivity contribution in [2.45, 2.75) is 0 Å². The number of nitrogens with one attached hydrogen (secondary N) is 1. The molecule has 4 rings (SSSR count). The van der Waals surface area contributed by atoms with Crippen LogP contribution >= 0.6 is 11.8 Å². The molecule has 0 radical (unpaired) electrons. The van der Waals surface area contributed by atoms with E-state index in [0.29, 0.717) is 21.2 Å². The number of phenols is 1. The van der Waals surface area contributed by atoms with Gasteiger partial charge in [0.25, 0.3) is 5.91 Å². The van der Waals surface area contributed by atoms with E-state index < -0.39 is 5.82 Å². The van der Waals surface area contributed by atoms with Gasteiger partial charge in [-0.3, -0.25) is 4.79 Å². The lowest BCUT2D eigenvalue weighted by Crippen LogP contribution is -2.19. The molecule has 0 bridgehead atoms. The molecule has 1 aliphatic rings. The van der Waals surface area contributed by atoms with Crippen LogP contribution in [0.5, 0.6) is 5.75 Å². The topological polar surface area (TPSA) is 61.7 Å². The van der Waals surface area contributed by atoms with E-state index in [1.807, 2.05) is 30.3 Å². The predicted octanol–water partition coefficient (Wildman–Crippen LogP) is 5.09. The number of para-hydroxylation sites is 1. The van der Waals surface area contributed by atoms with E-state index in [0.717, 1.165) is 11.3 Å². The second-order valence-electron chi connectivity index (χ2n) is 6.10. The Hall–Kier alpha value is -3.38. The Bertz CT molecular complexity index is 1090. The van der Waals surface area contributed by atoms with Crippen molar-refractivity contribution in [3.8, 4) is 16.9 Å². The molecule has 3 aromatic carbocycles. The highest BCUT2D eigenvalue weighted by molar-refractivity contribution is 8.18. The van der Waals surface area contributed by atoms with Crippen LogP contribution in [0.1, 0.15) is 5.56 Å². The van der Waals surface area contributed by atoms with Crippen LogP contribution in [-0.2, 0) is 4.79 Å². The van der Waals surface area contributed by atoms with Gasteiger partial charge in [0, 0.05) is 5.56 Å². The molecule has 1 aliphatic heterocycles. The standard InChI is InChI=1S/C22H15FN2O2S/c23-19-12-15(14-8-10-18(26)11-9-14)6-7-16(19)13-20-21(27)25-22(28-20)24-17-4-2-1-3-5-17/h1-13,26H,(H,24,25,27)/b20-13+.